The van der Waals surface area contributed by atoms with Gasteiger partial charge in [0.05, 0.1) is 0 Å². The maximum Gasteiger partial charge on any atom is 0.321 e. The van der Waals surface area contributed by atoms with E-state index in [4.69, 9.17) is 32.8 Å². The molecule has 0 amide bonds. The summed E-state index contributed by atoms with van der Waals surface area (Å²) in [6, 6.07) is -1.64. The highest BCUT2D eigenvalue weighted by Gasteiger charge is 2.09. The van der Waals surface area contributed by atoms with E-state index in [1.54, 1.807) is 0 Å². The van der Waals surface area contributed by atoms with E-state index in [0.29, 0.717) is 19.4 Å². The number of carbonyl (C=O) groups is 2. The number of carboxylic acids is 2. The summed E-state index contributed by atoms with van der Waals surface area (Å²) in [4.78, 5) is 20.0. The van der Waals surface area contributed by atoms with E-state index in [9.17, 15) is 9.59 Å². The Kier molecular flexibility index (Phi) is 12.1. The van der Waals surface area contributed by atoms with Crippen LogP contribution >= 0.6 is 12.6 Å². The molecule has 0 rings (SSSR count). The Labute approximate surface area is 116 Å². The second-order valence-corrected chi connectivity index (χ2v) is 3.92. The van der Waals surface area contributed by atoms with Crippen LogP contribution in [0.15, 0.2) is 0 Å². The van der Waals surface area contributed by atoms with Crippen molar-refractivity contribution >= 4 is 30.5 Å². The number of nitrogens with one attached hydrogen (secondary N) is 2. The topological polar surface area (TPSA) is 189 Å². The number of thiol groups is 1. The van der Waals surface area contributed by atoms with Crippen molar-refractivity contribution in [3.63, 3.8) is 0 Å². The van der Waals surface area contributed by atoms with E-state index in [1.165, 1.54) is 0 Å². The Bertz CT molecular complexity index is 302. The standard InChI is InChI=1S/C6H14N4O2.C3H7NO2S/c7-4(5(11)12)2-1-3-10-6(8)9;4-2(1-7)3(5)6/h4H,1-3,7H2,(H,11,12)(H4,8,9,10);2,7H,1,4H2,(H,5,6)/t;2-/m.0/s1. The normalized spacial score (nSPS) is 12.6. The zero-order valence-electron chi connectivity index (χ0n) is 10.4. The van der Waals surface area contributed by atoms with Crippen LogP contribution in [0.2, 0.25) is 0 Å². The predicted molar refractivity (Wildman–Crippen MR) is 74.2 cm³/mol. The SMILES string of the molecule is N=C(N)NCCCC(N)C(=O)O.N[C@@H](CS)C(=O)O. The van der Waals surface area contributed by atoms with E-state index in [-0.39, 0.29) is 11.7 Å². The summed E-state index contributed by atoms with van der Waals surface area (Å²) >= 11 is 3.65. The van der Waals surface area contributed by atoms with Gasteiger partial charge in [0.25, 0.3) is 0 Å². The summed E-state index contributed by atoms with van der Waals surface area (Å²) in [6.45, 7) is 0.482. The van der Waals surface area contributed by atoms with Gasteiger partial charge in [-0.2, -0.15) is 12.6 Å². The van der Waals surface area contributed by atoms with Gasteiger partial charge in [0.1, 0.15) is 12.1 Å². The molecule has 0 radical (unpaired) electrons. The lowest BCUT2D eigenvalue weighted by Crippen LogP contribution is -2.34. The maximum atomic E-state index is 10.2. The lowest BCUT2D eigenvalue weighted by Gasteiger charge is -2.06. The van der Waals surface area contributed by atoms with Gasteiger partial charge in [-0.15, -0.1) is 0 Å². The first kappa shape index (κ1) is 19.8. The van der Waals surface area contributed by atoms with E-state index in [2.05, 4.69) is 17.9 Å². The number of aliphatic carboxylic acids is 2. The molecule has 0 heterocycles. The van der Waals surface area contributed by atoms with Crippen molar-refractivity contribution in [2.45, 2.75) is 24.9 Å². The van der Waals surface area contributed by atoms with Crippen molar-refractivity contribution in [2.24, 2.45) is 17.2 Å². The fraction of sp³-hybridized carbons (Fsp3) is 0.667. The second kappa shape index (κ2) is 11.6. The molecule has 1 unspecified atom stereocenters. The van der Waals surface area contributed by atoms with E-state index >= 15 is 0 Å². The van der Waals surface area contributed by atoms with Crippen LogP contribution in [0.25, 0.3) is 0 Å². The van der Waals surface area contributed by atoms with E-state index < -0.39 is 24.0 Å². The van der Waals surface area contributed by atoms with Crippen molar-refractivity contribution in [1.82, 2.24) is 5.32 Å². The van der Waals surface area contributed by atoms with Gasteiger partial charge >= 0.3 is 11.9 Å². The lowest BCUT2D eigenvalue weighted by atomic mass is 10.2. The van der Waals surface area contributed by atoms with Gasteiger partial charge in [-0.25, -0.2) is 0 Å². The number of hydrogen-bond acceptors (Lipinski definition) is 6. The molecular formula is C9H21N5O4S. The van der Waals surface area contributed by atoms with Crippen molar-refractivity contribution in [1.29, 1.82) is 5.41 Å². The van der Waals surface area contributed by atoms with Crippen LogP contribution in [0.1, 0.15) is 12.8 Å². The molecule has 2 atom stereocenters. The minimum atomic E-state index is -1.00. The third-order valence-electron chi connectivity index (χ3n) is 1.84. The smallest absolute Gasteiger partial charge is 0.321 e. The van der Waals surface area contributed by atoms with Crippen molar-refractivity contribution in [3.05, 3.63) is 0 Å². The molecule has 10 N–H and O–H groups in total. The summed E-state index contributed by atoms with van der Waals surface area (Å²) in [5, 5.41) is 25.7. The molecule has 0 saturated heterocycles. The molecule has 112 valence electrons. The van der Waals surface area contributed by atoms with Crippen LogP contribution in [-0.2, 0) is 9.59 Å². The molecule has 9 nitrogen and oxygen atoms in total. The van der Waals surface area contributed by atoms with Crippen LogP contribution in [0, 0.1) is 5.41 Å². The molecule has 0 spiro atoms. The Morgan fingerprint density at radius 2 is 1.68 bits per heavy atom. The summed E-state index contributed by atoms with van der Waals surface area (Å²) in [7, 11) is 0. The summed E-state index contributed by atoms with van der Waals surface area (Å²) in [5.41, 5.74) is 15.2. The number of hydrogen-bond donors (Lipinski definition) is 8. The molecule has 19 heavy (non-hydrogen) atoms. The Balaban J connectivity index is 0. The number of rotatable bonds is 7. The van der Waals surface area contributed by atoms with Gasteiger partial charge in [-0.1, -0.05) is 0 Å². The van der Waals surface area contributed by atoms with Crippen LogP contribution in [-0.4, -0.2) is 52.5 Å². The summed E-state index contributed by atoms with van der Waals surface area (Å²) in [5.74, 6) is -1.93. The summed E-state index contributed by atoms with van der Waals surface area (Å²) in [6.07, 6.45) is 0.975. The fourth-order valence-electron chi connectivity index (χ4n) is 0.747. The van der Waals surface area contributed by atoms with Gasteiger partial charge < -0.3 is 32.7 Å². The molecule has 0 aliphatic heterocycles. The van der Waals surface area contributed by atoms with Crippen molar-refractivity contribution in [2.75, 3.05) is 12.3 Å². The Morgan fingerprint density at radius 1 is 1.21 bits per heavy atom. The average molecular weight is 295 g/mol. The van der Waals surface area contributed by atoms with Gasteiger partial charge in [0, 0.05) is 12.3 Å². The molecular weight excluding hydrogens is 274 g/mol. The highest BCUT2D eigenvalue weighted by Crippen LogP contribution is 1.92. The Hall–Kier alpha value is -1.52. The molecule has 0 aliphatic rings. The number of guanidine groups is 1. The van der Waals surface area contributed by atoms with Crippen LogP contribution in [0.3, 0.4) is 0 Å². The first-order valence-corrected chi connectivity index (χ1v) is 6.01. The van der Waals surface area contributed by atoms with Gasteiger partial charge in [-0.3, -0.25) is 15.0 Å². The largest absolute Gasteiger partial charge is 0.480 e. The lowest BCUT2D eigenvalue weighted by molar-refractivity contribution is -0.139. The highest BCUT2D eigenvalue weighted by atomic mass is 32.1. The third kappa shape index (κ3) is 14.4. The monoisotopic (exact) mass is 295 g/mol. The van der Waals surface area contributed by atoms with Crippen molar-refractivity contribution in [3.8, 4) is 0 Å². The maximum absolute atomic E-state index is 10.2. The van der Waals surface area contributed by atoms with Gasteiger partial charge in [0.15, 0.2) is 5.96 Å². The van der Waals surface area contributed by atoms with Crippen LogP contribution < -0.4 is 22.5 Å². The molecule has 10 heteroatoms. The zero-order chi connectivity index (χ0) is 15.4. The highest BCUT2D eigenvalue weighted by molar-refractivity contribution is 7.80. The molecule has 0 aromatic heterocycles. The van der Waals surface area contributed by atoms with E-state index in [0.717, 1.165) is 0 Å². The molecule has 0 fully saturated rings. The molecule has 0 aromatic rings. The predicted octanol–water partition coefficient (Wildman–Crippen LogP) is -2.01. The minimum Gasteiger partial charge on any atom is -0.480 e. The molecule has 0 aromatic carbocycles. The summed E-state index contributed by atoms with van der Waals surface area (Å²) < 4.78 is 0. The number of nitrogens with two attached hydrogens (primary N) is 3. The number of carboxylic acid groups (broad SMARTS) is 2. The van der Waals surface area contributed by atoms with E-state index in [1.807, 2.05) is 0 Å². The van der Waals surface area contributed by atoms with Crippen LogP contribution in [0.4, 0.5) is 0 Å². The zero-order valence-corrected chi connectivity index (χ0v) is 11.3. The average Bonchev–Trinajstić information content (AvgIpc) is 2.33. The minimum absolute atomic E-state index is 0.112. The quantitative estimate of drug-likeness (QED) is 0.114. The fourth-order valence-corrected chi connectivity index (χ4v) is 0.903. The third-order valence-corrected chi connectivity index (χ3v) is 2.23. The molecule has 0 saturated carbocycles. The van der Waals surface area contributed by atoms with Crippen LogP contribution in [0.5, 0.6) is 0 Å². The first-order valence-electron chi connectivity index (χ1n) is 5.37. The van der Waals surface area contributed by atoms with Gasteiger partial charge in [0.2, 0.25) is 0 Å². The van der Waals surface area contributed by atoms with Crippen molar-refractivity contribution < 1.29 is 19.8 Å². The second-order valence-electron chi connectivity index (χ2n) is 3.55. The van der Waals surface area contributed by atoms with Gasteiger partial charge in [-0.05, 0) is 12.8 Å². The molecule has 0 aliphatic carbocycles. The Morgan fingerprint density at radius 3 is 1.95 bits per heavy atom. The molecule has 0 bridgehead atoms. The first-order chi connectivity index (χ1) is 8.72.